The SMILES string of the molecule is O=C(N/N=C/c1ccc(COc2ccc([N+](=O)[O-])cc2)o1)c1ccccc1Cl. The van der Waals surface area contributed by atoms with Crippen LogP contribution in [0.4, 0.5) is 5.69 Å². The monoisotopic (exact) mass is 399 g/mol. The van der Waals surface area contributed by atoms with Gasteiger partial charge in [0.1, 0.15) is 23.9 Å². The predicted octanol–water partition coefficient (Wildman–Crippen LogP) is 4.18. The molecule has 0 saturated carbocycles. The van der Waals surface area contributed by atoms with Crippen LogP contribution in [-0.2, 0) is 6.61 Å². The van der Waals surface area contributed by atoms with Gasteiger partial charge in [0, 0.05) is 12.1 Å². The van der Waals surface area contributed by atoms with E-state index in [9.17, 15) is 14.9 Å². The van der Waals surface area contributed by atoms with Gasteiger partial charge in [0.25, 0.3) is 11.6 Å². The van der Waals surface area contributed by atoms with Crippen molar-refractivity contribution >= 4 is 29.4 Å². The molecule has 9 heteroatoms. The second kappa shape index (κ2) is 8.83. The Bertz CT molecular complexity index is 1010. The van der Waals surface area contributed by atoms with Crippen molar-refractivity contribution in [2.24, 2.45) is 5.10 Å². The van der Waals surface area contributed by atoms with Crippen molar-refractivity contribution in [3.63, 3.8) is 0 Å². The topological polar surface area (TPSA) is 107 Å². The summed E-state index contributed by atoms with van der Waals surface area (Å²) in [4.78, 5) is 22.1. The molecular formula is C19H14ClN3O5. The number of nitrogens with one attached hydrogen (secondary N) is 1. The van der Waals surface area contributed by atoms with Gasteiger partial charge in [-0.2, -0.15) is 5.10 Å². The van der Waals surface area contributed by atoms with Gasteiger partial charge in [-0.05, 0) is 36.4 Å². The minimum absolute atomic E-state index is 0.0114. The van der Waals surface area contributed by atoms with E-state index in [4.69, 9.17) is 20.8 Å². The number of hydrazone groups is 1. The standard InChI is InChI=1S/C19H14ClN3O5/c20-18-4-2-1-3-17(18)19(24)22-21-11-15-9-10-16(28-15)12-27-14-7-5-13(6-8-14)23(25)26/h1-11H,12H2,(H,22,24)/b21-11+. The zero-order valence-corrected chi connectivity index (χ0v) is 15.1. The van der Waals surface area contributed by atoms with Crippen LogP contribution in [0.1, 0.15) is 21.9 Å². The molecule has 0 saturated heterocycles. The number of hydrogen-bond donors (Lipinski definition) is 1. The summed E-state index contributed by atoms with van der Waals surface area (Å²) in [5.41, 5.74) is 2.68. The molecule has 2 aromatic carbocycles. The average molecular weight is 400 g/mol. The molecule has 3 rings (SSSR count). The van der Waals surface area contributed by atoms with Gasteiger partial charge in [0.05, 0.1) is 21.7 Å². The zero-order valence-electron chi connectivity index (χ0n) is 14.4. The summed E-state index contributed by atoms with van der Waals surface area (Å²) in [6, 6.07) is 15.7. The number of nitro groups is 1. The van der Waals surface area contributed by atoms with Gasteiger partial charge >= 0.3 is 0 Å². The molecule has 0 bridgehead atoms. The number of amides is 1. The van der Waals surface area contributed by atoms with Gasteiger partial charge in [-0.25, -0.2) is 5.43 Å². The minimum atomic E-state index is -0.480. The largest absolute Gasteiger partial charge is 0.486 e. The Hall–Kier alpha value is -3.65. The Morgan fingerprint density at radius 3 is 2.64 bits per heavy atom. The number of non-ortho nitro benzene ring substituents is 1. The van der Waals surface area contributed by atoms with E-state index in [-0.39, 0.29) is 12.3 Å². The highest BCUT2D eigenvalue weighted by Crippen LogP contribution is 2.19. The van der Waals surface area contributed by atoms with E-state index >= 15 is 0 Å². The van der Waals surface area contributed by atoms with E-state index in [0.29, 0.717) is 27.9 Å². The smallest absolute Gasteiger partial charge is 0.272 e. The number of nitro benzene ring substituents is 1. The highest BCUT2D eigenvalue weighted by Gasteiger charge is 2.08. The first-order valence-corrected chi connectivity index (χ1v) is 8.44. The van der Waals surface area contributed by atoms with Crippen molar-refractivity contribution in [3.05, 3.63) is 92.9 Å². The lowest BCUT2D eigenvalue weighted by Gasteiger charge is -2.03. The fourth-order valence-corrected chi connectivity index (χ4v) is 2.44. The normalized spacial score (nSPS) is 10.8. The Morgan fingerprint density at radius 2 is 1.93 bits per heavy atom. The maximum absolute atomic E-state index is 12.0. The number of rotatable bonds is 7. The highest BCUT2D eigenvalue weighted by molar-refractivity contribution is 6.33. The summed E-state index contributed by atoms with van der Waals surface area (Å²) in [7, 11) is 0. The average Bonchev–Trinajstić information content (AvgIpc) is 3.14. The van der Waals surface area contributed by atoms with Crippen LogP contribution in [0.2, 0.25) is 5.02 Å². The number of ether oxygens (including phenoxy) is 1. The Kier molecular flexibility index (Phi) is 6.03. The third kappa shape index (κ3) is 4.95. The fourth-order valence-electron chi connectivity index (χ4n) is 2.22. The van der Waals surface area contributed by atoms with Gasteiger partial charge in [-0.3, -0.25) is 14.9 Å². The molecule has 1 heterocycles. The van der Waals surface area contributed by atoms with Crippen LogP contribution in [0.15, 0.2) is 70.2 Å². The first kappa shape index (κ1) is 19.1. The Morgan fingerprint density at radius 1 is 1.18 bits per heavy atom. The molecular weight excluding hydrogens is 386 g/mol. The maximum atomic E-state index is 12.0. The van der Waals surface area contributed by atoms with Crippen molar-refractivity contribution in [2.75, 3.05) is 0 Å². The molecule has 1 aromatic heterocycles. The summed E-state index contributed by atoms with van der Waals surface area (Å²) in [6.07, 6.45) is 1.35. The van der Waals surface area contributed by atoms with Crippen LogP contribution in [0.5, 0.6) is 5.75 Å². The van der Waals surface area contributed by atoms with Crippen LogP contribution in [0.25, 0.3) is 0 Å². The van der Waals surface area contributed by atoms with Crippen molar-refractivity contribution in [1.29, 1.82) is 0 Å². The minimum Gasteiger partial charge on any atom is -0.486 e. The van der Waals surface area contributed by atoms with Crippen molar-refractivity contribution in [2.45, 2.75) is 6.61 Å². The van der Waals surface area contributed by atoms with Crippen LogP contribution in [0, 0.1) is 10.1 Å². The highest BCUT2D eigenvalue weighted by atomic mass is 35.5. The van der Waals surface area contributed by atoms with Crippen LogP contribution in [0.3, 0.4) is 0 Å². The molecule has 28 heavy (non-hydrogen) atoms. The lowest BCUT2D eigenvalue weighted by Crippen LogP contribution is -2.17. The van der Waals surface area contributed by atoms with Gasteiger partial charge in [-0.15, -0.1) is 0 Å². The van der Waals surface area contributed by atoms with Gasteiger partial charge in [0.2, 0.25) is 0 Å². The molecule has 0 aliphatic carbocycles. The fraction of sp³-hybridized carbons (Fsp3) is 0.0526. The number of furan rings is 1. The molecule has 0 atom stereocenters. The Labute approximate surface area is 164 Å². The zero-order chi connectivity index (χ0) is 19.9. The first-order valence-electron chi connectivity index (χ1n) is 8.07. The molecule has 0 spiro atoms. The number of carbonyl (C=O) groups is 1. The van der Waals surface area contributed by atoms with Crippen molar-refractivity contribution < 1.29 is 18.9 Å². The number of nitrogens with zero attached hydrogens (tertiary/aromatic N) is 2. The number of hydrogen-bond acceptors (Lipinski definition) is 6. The second-order valence-corrected chi connectivity index (χ2v) is 5.93. The molecule has 0 aliphatic heterocycles. The van der Waals surface area contributed by atoms with Crippen molar-refractivity contribution in [1.82, 2.24) is 5.43 Å². The van der Waals surface area contributed by atoms with Gasteiger partial charge in [-0.1, -0.05) is 23.7 Å². The number of carbonyl (C=O) groups excluding carboxylic acids is 1. The molecule has 0 radical (unpaired) electrons. The molecule has 1 N–H and O–H groups in total. The number of halogens is 1. The molecule has 0 fully saturated rings. The molecule has 8 nitrogen and oxygen atoms in total. The Balaban J connectivity index is 1.52. The summed E-state index contributed by atoms with van der Waals surface area (Å²) in [5.74, 6) is 0.985. The molecule has 3 aromatic rings. The van der Waals surface area contributed by atoms with E-state index in [0.717, 1.165) is 0 Å². The summed E-state index contributed by atoms with van der Waals surface area (Å²) in [6.45, 7) is 0.137. The van der Waals surface area contributed by atoms with E-state index < -0.39 is 10.8 Å². The van der Waals surface area contributed by atoms with E-state index in [2.05, 4.69) is 10.5 Å². The lowest BCUT2D eigenvalue weighted by molar-refractivity contribution is -0.384. The second-order valence-electron chi connectivity index (χ2n) is 5.52. The van der Waals surface area contributed by atoms with E-state index in [1.165, 1.54) is 30.5 Å². The predicted molar refractivity (Wildman–Crippen MR) is 103 cm³/mol. The van der Waals surface area contributed by atoms with Crippen molar-refractivity contribution in [3.8, 4) is 5.75 Å². The quantitative estimate of drug-likeness (QED) is 0.364. The van der Waals surface area contributed by atoms with Crippen LogP contribution < -0.4 is 10.2 Å². The number of benzene rings is 2. The first-order chi connectivity index (χ1) is 13.5. The lowest BCUT2D eigenvalue weighted by atomic mass is 10.2. The summed E-state index contributed by atoms with van der Waals surface area (Å²) in [5, 5.41) is 14.8. The molecule has 0 aliphatic rings. The van der Waals surface area contributed by atoms with Gasteiger partial charge < -0.3 is 9.15 Å². The van der Waals surface area contributed by atoms with Crippen LogP contribution in [-0.4, -0.2) is 17.0 Å². The van der Waals surface area contributed by atoms with E-state index in [1.54, 1.807) is 36.4 Å². The molecule has 142 valence electrons. The summed E-state index contributed by atoms with van der Waals surface area (Å²) >= 11 is 5.95. The van der Waals surface area contributed by atoms with Gasteiger partial charge in [0.15, 0.2) is 0 Å². The third-order valence-electron chi connectivity index (χ3n) is 3.59. The maximum Gasteiger partial charge on any atom is 0.272 e. The summed E-state index contributed by atoms with van der Waals surface area (Å²) < 4.78 is 11.0. The molecule has 1 amide bonds. The van der Waals surface area contributed by atoms with Crippen LogP contribution >= 0.6 is 11.6 Å². The van der Waals surface area contributed by atoms with E-state index in [1.807, 2.05) is 0 Å². The molecule has 0 unspecified atom stereocenters. The third-order valence-corrected chi connectivity index (χ3v) is 3.92.